The average molecular weight is 283 g/mol. The van der Waals surface area contributed by atoms with Gasteiger partial charge in [0.15, 0.2) is 0 Å². The first kappa shape index (κ1) is 11.6. The van der Waals surface area contributed by atoms with Crippen molar-refractivity contribution in [3.05, 3.63) is 72.8 Å². The summed E-state index contributed by atoms with van der Waals surface area (Å²) in [6.07, 6.45) is 0. The molecule has 104 valence electrons. The van der Waals surface area contributed by atoms with Crippen LogP contribution in [0.5, 0.6) is 0 Å². The molecule has 0 saturated carbocycles. The van der Waals surface area contributed by atoms with Crippen molar-refractivity contribution < 1.29 is 4.42 Å². The number of hydrogen-bond donors (Lipinski definition) is 1. The van der Waals surface area contributed by atoms with Gasteiger partial charge in [0.25, 0.3) is 0 Å². The van der Waals surface area contributed by atoms with Crippen LogP contribution < -0.4 is 5.32 Å². The van der Waals surface area contributed by atoms with E-state index in [1.165, 1.54) is 21.5 Å². The van der Waals surface area contributed by atoms with E-state index in [9.17, 15) is 0 Å². The normalized spacial score (nSPS) is 11.6. The Hall–Kier alpha value is -3.00. The van der Waals surface area contributed by atoms with Gasteiger partial charge in [-0.25, -0.2) is 0 Å². The molecule has 0 unspecified atom stereocenters. The van der Waals surface area contributed by atoms with Gasteiger partial charge in [0, 0.05) is 27.5 Å². The third-order valence-corrected chi connectivity index (χ3v) is 4.22. The molecule has 0 aliphatic heterocycles. The predicted octanol–water partition coefficient (Wildman–Crippen LogP) is 5.92. The quantitative estimate of drug-likeness (QED) is 0.407. The summed E-state index contributed by atoms with van der Waals surface area (Å²) < 4.78 is 5.99. The van der Waals surface area contributed by atoms with Gasteiger partial charge in [-0.2, -0.15) is 0 Å². The molecule has 0 aliphatic rings. The lowest BCUT2D eigenvalue weighted by Gasteiger charge is -2.10. The van der Waals surface area contributed by atoms with E-state index in [1.54, 1.807) is 0 Å². The Bertz CT molecular complexity index is 1090. The number of para-hydroxylation sites is 1. The SMILES string of the molecule is c1ccc(Nc2ccc3oc4cccc5ccc2c3c54)cc1. The summed E-state index contributed by atoms with van der Waals surface area (Å²) in [7, 11) is 0. The molecule has 0 amide bonds. The van der Waals surface area contributed by atoms with E-state index >= 15 is 0 Å². The molecule has 0 spiro atoms. The monoisotopic (exact) mass is 283 g/mol. The van der Waals surface area contributed by atoms with Gasteiger partial charge in [0.05, 0.1) is 0 Å². The Morgan fingerprint density at radius 3 is 2.41 bits per heavy atom. The molecule has 22 heavy (non-hydrogen) atoms. The Labute approximate surface area is 127 Å². The maximum absolute atomic E-state index is 5.99. The van der Waals surface area contributed by atoms with E-state index in [2.05, 4.69) is 41.7 Å². The highest BCUT2D eigenvalue weighted by atomic mass is 16.3. The predicted molar refractivity (Wildman–Crippen MR) is 92.1 cm³/mol. The maximum atomic E-state index is 5.99. The molecule has 5 aromatic rings. The number of hydrogen-bond acceptors (Lipinski definition) is 2. The Balaban J connectivity index is 1.82. The summed E-state index contributed by atoms with van der Waals surface area (Å²) in [5, 5.41) is 8.34. The van der Waals surface area contributed by atoms with E-state index in [0.717, 1.165) is 22.5 Å². The fourth-order valence-electron chi connectivity index (χ4n) is 3.23. The van der Waals surface area contributed by atoms with Crippen molar-refractivity contribution in [3.8, 4) is 0 Å². The fourth-order valence-corrected chi connectivity index (χ4v) is 3.23. The van der Waals surface area contributed by atoms with Crippen LogP contribution in [0.3, 0.4) is 0 Å². The van der Waals surface area contributed by atoms with E-state index in [1.807, 2.05) is 36.4 Å². The van der Waals surface area contributed by atoms with Crippen LogP contribution in [-0.4, -0.2) is 0 Å². The molecule has 2 heteroatoms. The van der Waals surface area contributed by atoms with Crippen molar-refractivity contribution >= 4 is 44.1 Å². The van der Waals surface area contributed by atoms with Crippen LogP contribution in [0.25, 0.3) is 32.7 Å². The van der Waals surface area contributed by atoms with Crippen LogP contribution >= 0.6 is 0 Å². The zero-order valence-corrected chi connectivity index (χ0v) is 11.8. The standard InChI is InChI=1S/C20H13NO/c1-2-6-14(7-3-1)21-16-11-12-18-20-15(16)10-9-13-5-4-8-17(22-18)19(13)20/h1-12,21H. The smallest absolute Gasteiger partial charge is 0.136 e. The summed E-state index contributed by atoms with van der Waals surface area (Å²) >= 11 is 0. The molecule has 0 radical (unpaired) electrons. The van der Waals surface area contributed by atoms with Gasteiger partial charge < -0.3 is 9.73 Å². The van der Waals surface area contributed by atoms with Crippen molar-refractivity contribution in [2.75, 3.05) is 5.32 Å². The number of anilines is 2. The lowest BCUT2D eigenvalue weighted by atomic mass is 10.0. The van der Waals surface area contributed by atoms with Gasteiger partial charge >= 0.3 is 0 Å². The molecular formula is C20H13NO. The molecule has 4 aromatic carbocycles. The van der Waals surface area contributed by atoms with Crippen molar-refractivity contribution in [2.24, 2.45) is 0 Å². The minimum Gasteiger partial charge on any atom is -0.456 e. The third-order valence-electron chi connectivity index (χ3n) is 4.22. The zero-order chi connectivity index (χ0) is 14.5. The van der Waals surface area contributed by atoms with Crippen LogP contribution in [0.1, 0.15) is 0 Å². The van der Waals surface area contributed by atoms with Gasteiger partial charge in [0.1, 0.15) is 11.2 Å². The summed E-state index contributed by atoms with van der Waals surface area (Å²) in [6.45, 7) is 0. The Kier molecular flexibility index (Phi) is 2.25. The molecular weight excluding hydrogens is 270 g/mol. The molecule has 2 nitrogen and oxygen atoms in total. The zero-order valence-electron chi connectivity index (χ0n) is 11.8. The van der Waals surface area contributed by atoms with Crippen LogP contribution in [0, 0.1) is 0 Å². The van der Waals surface area contributed by atoms with Crippen LogP contribution in [0.2, 0.25) is 0 Å². The minimum atomic E-state index is 0.945. The summed E-state index contributed by atoms with van der Waals surface area (Å²) in [4.78, 5) is 0. The van der Waals surface area contributed by atoms with Gasteiger partial charge in [-0.15, -0.1) is 0 Å². The lowest BCUT2D eigenvalue weighted by Crippen LogP contribution is -1.91. The van der Waals surface area contributed by atoms with Gasteiger partial charge in [-0.05, 0) is 35.7 Å². The highest BCUT2D eigenvalue weighted by molar-refractivity contribution is 6.24. The third kappa shape index (κ3) is 1.55. The van der Waals surface area contributed by atoms with Gasteiger partial charge in [-0.1, -0.05) is 42.5 Å². The molecule has 0 saturated heterocycles. The van der Waals surface area contributed by atoms with E-state index in [-0.39, 0.29) is 0 Å². The van der Waals surface area contributed by atoms with E-state index in [0.29, 0.717) is 0 Å². The molecule has 0 atom stereocenters. The van der Waals surface area contributed by atoms with Crippen LogP contribution in [-0.2, 0) is 0 Å². The van der Waals surface area contributed by atoms with Gasteiger partial charge in [-0.3, -0.25) is 0 Å². The summed E-state index contributed by atoms with van der Waals surface area (Å²) in [5.74, 6) is 0. The maximum Gasteiger partial charge on any atom is 0.136 e. The second-order valence-corrected chi connectivity index (χ2v) is 5.55. The molecule has 0 bridgehead atoms. The Morgan fingerprint density at radius 1 is 0.636 bits per heavy atom. The molecule has 1 heterocycles. The number of benzene rings is 4. The highest BCUT2D eigenvalue weighted by Crippen LogP contribution is 2.40. The molecule has 1 aromatic heterocycles. The first-order chi connectivity index (χ1) is 10.9. The van der Waals surface area contributed by atoms with Crippen LogP contribution in [0.4, 0.5) is 11.4 Å². The van der Waals surface area contributed by atoms with Crippen molar-refractivity contribution in [1.82, 2.24) is 0 Å². The number of furan rings is 1. The molecule has 0 fully saturated rings. The highest BCUT2D eigenvalue weighted by Gasteiger charge is 2.14. The lowest BCUT2D eigenvalue weighted by molar-refractivity contribution is 0.669. The molecule has 1 N–H and O–H groups in total. The van der Waals surface area contributed by atoms with Crippen LogP contribution in [0.15, 0.2) is 77.2 Å². The van der Waals surface area contributed by atoms with E-state index in [4.69, 9.17) is 4.42 Å². The van der Waals surface area contributed by atoms with Crippen molar-refractivity contribution in [3.63, 3.8) is 0 Å². The van der Waals surface area contributed by atoms with Crippen molar-refractivity contribution in [1.29, 1.82) is 0 Å². The summed E-state index contributed by atoms with van der Waals surface area (Å²) in [6, 6.07) is 24.9. The first-order valence-electron chi connectivity index (χ1n) is 7.38. The topological polar surface area (TPSA) is 25.2 Å². The molecule has 0 aliphatic carbocycles. The number of nitrogens with one attached hydrogen (secondary N) is 1. The minimum absolute atomic E-state index is 0.945. The second-order valence-electron chi connectivity index (χ2n) is 5.55. The average Bonchev–Trinajstić information content (AvgIpc) is 2.95. The largest absolute Gasteiger partial charge is 0.456 e. The Morgan fingerprint density at radius 2 is 1.50 bits per heavy atom. The fraction of sp³-hybridized carbons (Fsp3) is 0. The second kappa shape index (κ2) is 4.25. The summed E-state index contributed by atoms with van der Waals surface area (Å²) in [5.41, 5.74) is 4.09. The van der Waals surface area contributed by atoms with Crippen molar-refractivity contribution in [2.45, 2.75) is 0 Å². The van der Waals surface area contributed by atoms with Gasteiger partial charge in [0.2, 0.25) is 0 Å². The number of rotatable bonds is 2. The van der Waals surface area contributed by atoms with E-state index < -0.39 is 0 Å². The first-order valence-corrected chi connectivity index (χ1v) is 7.38. The molecule has 5 rings (SSSR count).